The van der Waals surface area contributed by atoms with Gasteiger partial charge in [-0.15, -0.1) is 0 Å². The number of nitrogens with two attached hydrogens (primary N) is 1. The molecule has 90 valence electrons. The van der Waals surface area contributed by atoms with Crippen molar-refractivity contribution in [2.75, 3.05) is 13.2 Å². The highest BCUT2D eigenvalue weighted by atomic mass is 16.5. The van der Waals surface area contributed by atoms with Crippen LogP contribution in [0.3, 0.4) is 0 Å². The minimum absolute atomic E-state index is 0.105. The molecule has 2 unspecified atom stereocenters. The van der Waals surface area contributed by atoms with Gasteiger partial charge in [-0.3, -0.25) is 0 Å². The van der Waals surface area contributed by atoms with Gasteiger partial charge in [-0.25, -0.2) is 0 Å². The predicted molar refractivity (Wildman–Crippen MR) is 58.9 cm³/mol. The molecule has 1 aliphatic rings. The molecule has 2 N–H and O–H groups in total. The molecular weight excluding hydrogens is 206 g/mol. The zero-order valence-corrected chi connectivity index (χ0v) is 9.90. The largest absolute Gasteiger partial charge is 0.367 e. The Morgan fingerprint density at radius 2 is 2.31 bits per heavy atom. The number of nitrogens with zero attached hydrogens (tertiary/aromatic N) is 2. The molecule has 1 aliphatic heterocycles. The Balaban J connectivity index is 2.17. The van der Waals surface area contributed by atoms with Crippen LogP contribution in [0.5, 0.6) is 0 Å². The molecule has 1 aromatic rings. The molecule has 2 atom stereocenters. The average Bonchev–Trinajstić information content (AvgIpc) is 2.79. The van der Waals surface area contributed by atoms with Gasteiger partial charge in [0.05, 0.1) is 0 Å². The first-order valence-electron chi connectivity index (χ1n) is 5.84. The molecule has 5 nitrogen and oxygen atoms in total. The van der Waals surface area contributed by atoms with Crippen LogP contribution >= 0.6 is 0 Å². The molecule has 0 aromatic carbocycles. The first kappa shape index (κ1) is 11.5. The van der Waals surface area contributed by atoms with E-state index in [1.807, 2.05) is 13.8 Å². The predicted octanol–water partition coefficient (Wildman–Crippen LogP) is 1.55. The second-order valence-electron chi connectivity index (χ2n) is 4.63. The van der Waals surface area contributed by atoms with Gasteiger partial charge in [-0.2, -0.15) is 4.98 Å². The van der Waals surface area contributed by atoms with Crippen LogP contribution in [0.25, 0.3) is 0 Å². The Morgan fingerprint density at radius 1 is 1.50 bits per heavy atom. The highest BCUT2D eigenvalue weighted by Crippen LogP contribution is 2.33. The topological polar surface area (TPSA) is 74.2 Å². The quantitative estimate of drug-likeness (QED) is 0.844. The van der Waals surface area contributed by atoms with E-state index in [0.717, 1.165) is 25.9 Å². The first-order valence-corrected chi connectivity index (χ1v) is 5.84. The second kappa shape index (κ2) is 4.51. The van der Waals surface area contributed by atoms with Gasteiger partial charge >= 0.3 is 0 Å². The standard InChI is InChI=1S/C11H19N3O2/c1-8(7-12)9-13-10(14-16-9)11(2)5-3-4-6-15-11/h8H,3-7,12H2,1-2H3. The van der Waals surface area contributed by atoms with Crippen molar-refractivity contribution in [3.63, 3.8) is 0 Å². The molecule has 2 rings (SSSR count). The zero-order valence-electron chi connectivity index (χ0n) is 9.90. The van der Waals surface area contributed by atoms with Crippen LogP contribution in [-0.2, 0) is 10.3 Å². The molecular formula is C11H19N3O2. The molecule has 1 aromatic heterocycles. The van der Waals surface area contributed by atoms with Crippen molar-refractivity contribution in [1.29, 1.82) is 0 Å². The Bertz CT molecular complexity index is 345. The summed E-state index contributed by atoms with van der Waals surface area (Å²) in [5.74, 6) is 1.36. The lowest BCUT2D eigenvalue weighted by Gasteiger charge is -2.30. The zero-order chi connectivity index (χ0) is 11.6. The van der Waals surface area contributed by atoms with Crippen molar-refractivity contribution in [2.45, 2.75) is 44.6 Å². The molecule has 5 heteroatoms. The van der Waals surface area contributed by atoms with Crippen LogP contribution in [0.1, 0.15) is 50.7 Å². The fourth-order valence-electron chi connectivity index (χ4n) is 1.86. The maximum Gasteiger partial charge on any atom is 0.230 e. The van der Waals surface area contributed by atoms with Crippen molar-refractivity contribution in [3.8, 4) is 0 Å². The van der Waals surface area contributed by atoms with E-state index in [9.17, 15) is 0 Å². The van der Waals surface area contributed by atoms with Crippen molar-refractivity contribution >= 4 is 0 Å². The van der Waals surface area contributed by atoms with E-state index in [0.29, 0.717) is 18.3 Å². The lowest BCUT2D eigenvalue weighted by atomic mass is 9.95. The molecule has 0 aliphatic carbocycles. The van der Waals surface area contributed by atoms with E-state index in [1.54, 1.807) is 0 Å². The Hall–Kier alpha value is -0.940. The number of hydrogen-bond acceptors (Lipinski definition) is 5. The number of ether oxygens (including phenoxy) is 1. The molecule has 0 bridgehead atoms. The summed E-state index contributed by atoms with van der Waals surface area (Å²) in [5.41, 5.74) is 5.19. The average molecular weight is 225 g/mol. The highest BCUT2D eigenvalue weighted by molar-refractivity contribution is 5.02. The molecule has 0 amide bonds. The highest BCUT2D eigenvalue weighted by Gasteiger charge is 2.35. The summed E-state index contributed by atoms with van der Waals surface area (Å²) >= 11 is 0. The minimum Gasteiger partial charge on any atom is -0.367 e. The maximum atomic E-state index is 5.76. The summed E-state index contributed by atoms with van der Waals surface area (Å²) in [4.78, 5) is 4.39. The van der Waals surface area contributed by atoms with Crippen LogP contribution in [0.4, 0.5) is 0 Å². The lowest BCUT2D eigenvalue weighted by molar-refractivity contribution is -0.0770. The van der Waals surface area contributed by atoms with Crippen LogP contribution in [0, 0.1) is 0 Å². The second-order valence-corrected chi connectivity index (χ2v) is 4.63. The fraction of sp³-hybridized carbons (Fsp3) is 0.818. The Morgan fingerprint density at radius 3 is 2.94 bits per heavy atom. The van der Waals surface area contributed by atoms with Crippen LogP contribution in [0.15, 0.2) is 4.52 Å². The third-order valence-corrected chi connectivity index (χ3v) is 3.16. The maximum absolute atomic E-state index is 5.76. The van der Waals surface area contributed by atoms with Gasteiger partial charge in [0.25, 0.3) is 0 Å². The monoisotopic (exact) mass is 225 g/mol. The third kappa shape index (κ3) is 2.10. The Kier molecular flexibility index (Phi) is 3.25. The van der Waals surface area contributed by atoms with Crippen LogP contribution in [0.2, 0.25) is 0 Å². The summed E-state index contributed by atoms with van der Waals surface area (Å²) in [7, 11) is 0. The summed E-state index contributed by atoms with van der Waals surface area (Å²) in [6, 6.07) is 0. The molecule has 0 saturated carbocycles. The van der Waals surface area contributed by atoms with E-state index in [-0.39, 0.29) is 11.5 Å². The third-order valence-electron chi connectivity index (χ3n) is 3.16. The van der Waals surface area contributed by atoms with Gasteiger partial charge in [-0.1, -0.05) is 12.1 Å². The number of rotatable bonds is 3. The summed E-state index contributed by atoms with van der Waals surface area (Å²) in [5, 5.41) is 4.01. The molecule has 0 radical (unpaired) electrons. The van der Waals surface area contributed by atoms with Crippen molar-refractivity contribution in [1.82, 2.24) is 10.1 Å². The number of hydrogen-bond donors (Lipinski definition) is 1. The van der Waals surface area contributed by atoms with Crippen LogP contribution < -0.4 is 5.73 Å². The summed E-state index contributed by atoms with van der Waals surface area (Å²) < 4.78 is 11.0. The van der Waals surface area contributed by atoms with Gasteiger partial charge < -0.3 is 15.0 Å². The van der Waals surface area contributed by atoms with E-state index in [2.05, 4.69) is 10.1 Å². The van der Waals surface area contributed by atoms with Crippen molar-refractivity contribution in [3.05, 3.63) is 11.7 Å². The lowest BCUT2D eigenvalue weighted by Crippen LogP contribution is -2.31. The first-order chi connectivity index (χ1) is 7.65. The summed E-state index contributed by atoms with van der Waals surface area (Å²) in [6.45, 7) is 5.28. The summed E-state index contributed by atoms with van der Waals surface area (Å²) in [6.07, 6.45) is 3.20. The van der Waals surface area contributed by atoms with Gasteiger partial charge in [0.1, 0.15) is 5.60 Å². The van der Waals surface area contributed by atoms with E-state index in [4.69, 9.17) is 15.0 Å². The molecule has 2 heterocycles. The van der Waals surface area contributed by atoms with Crippen molar-refractivity contribution < 1.29 is 9.26 Å². The van der Waals surface area contributed by atoms with Gasteiger partial charge in [0, 0.05) is 19.1 Å². The normalized spacial score (nSPS) is 27.9. The molecule has 16 heavy (non-hydrogen) atoms. The minimum atomic E-state index is -0.381. The van der Waals surface area contributed by atoms with Gasteiger partial charge in [0.15, 0.2) is 0 Å². The van der Waals surface area contributed by atoms with E-state index in [1.165, 1.54) is 0 Å². The Labute approximate surface area is 95.3 Å². The fourth-order valence-corrected chi connectivity index (χ4v) is 1.86. The molecule has 1 saturated heterocycles. The van der Waals surface area contributed by atoms with Gasteiger partial charge in [-0.05, 0) is 26.2 Å². The van der Waals surface area contributed by atoms with E-state index < -0.39 is 0 Å². The molecule has 0 spiro atoms. The number of aromatic nitrogens is 2. The van der Waals surface area contributed by atoms with Crippen LogP contribution in [-0.4, -0.2) is 23.3 Å². The van der Waals surface area contributed by atoms with Gasteiger partial charge in [0.2, 0.25) is 11.7 Å². The molecule has 1 fully saturated rings. The smallest absolute Gasteiger partial charge is 0.230 e. The SMILES string of the molecule is CC(CN)c1nc(C2(C)CCCCO2)no1. The van der Waals surface area contributed by atoms with E-state index >= 15 is 0 Å². The van der Waals surface area contributed by atoms with Crippen molar-refractivity contribution in [2.24, 2.45) is 5.73 Å².